The topological polar surface area (TPSA) is 66.6 Å². The highest BCUT2D eigenvalue weighted by molar-refractivity contribution is 5.80. The molecule has 3 rings (SSSR count). The minimum atomic E-state index is -0.363. The van der Waals surface area contributed by atoms with Crippen LogP contribution in [0.4, 0.5) is 0 Å². The maximum absolute atomic E-state index is 12.6. The van der Waals surface area contributed by atoms with E-state index in [0.717, 1.165) is 19.4 Å². The first-order valence-electron chi connectivity index (χ1n) is 7.30. The van der Waals surface area contributed by atoms with Crippen LogP contribution in [0.2, 0.25) is 0 Å². The lowest BCUT2D eigenvalue weighted by atomic mass is 9.83. The summed E-state index contributed by atoms with van der Waals surface area (Å²) in [7, 11) is 0. The predicted octanol–water partition coefficient (Wildman–Crippen LogP) is 0.589. The smallest absolute Gasteiger partial charge is 0.227 e. The lowest BCUT2D eigenvalue weighted by molar-refractivity contribution is -0.142. The molecular formula is C14H24N2O2. The molecule has 3 aliphatic rings. The van der Waals surface area contributed by atoms with E-state index in [1.165, 1.54) is 12.8 Å². The van der Waals surface area contributed by atoms with Crippen LogP contribution in [0.1, 0.15) is 32.6 Å². The number of rotatable bonds is 1. The van der Waals surface area contributed by atoms with Gasteiger partial charge in [-0.3, -0.25) is 4.79 Å². The number of piperidine rings is 1. The van der Waals surface area contributed by atoms with Gasteiger partial charge in [-0.2, -0.15) is 0 Å². The Morgan fingerprint density at radius 3 is 2.61 bits per heavy atom. The Morgan fingerprint density at radius 1 is 1.28 bits per heavy atom. The van der Waals surface area contributed by atoms with E-state index in [4.69, 9.17) is 5.73 Å². The van der Waals surface area contributed by atoms with Gasteiger partial charge in [-0.05, 0) is 43.4 Å². The number of amides is 1. The van der Waals surface area contributed by atoms with Gasteiger partial charge in [0, 0.05) is 19.1 Å². The van der Waals surface area contributed by atoms with Crippen molar-refractivity contribution in [3.05, 3.63) is 0 Å². The number of hydrogen-bond donors (Lipinski definition) is 2. The van der Waals surface area contributed by atoms with Gasteiger partial charge in [0.15, 0.2) is 0 Å². The lowest BCUT2D eigenvalue weighted by Gasteiger charge is -2.38. The highest BCUT2D eigenvalue weighted by atomic mass is 16.3. The summed E-state index contributed by atoms with van der Waals surface area (Å²) >= 11 is 0. The van der Waals surface area contributed by atoms with E-state index in [1.807, 2.05) is 4.90 Å². The zero-order valence-electron chi connectivity index (χ0n) is 11.1. The molecule has 2 bridgehead atoms. The Hall–Kier alpha value is -0.610. The van der Waals surface area contributed by atoms with E-state index in [2.05, 4.69) is 6.92 Å². The molecule has 3 fully saturated rings. The quantitative estimate of drug-likeness (QED) is 0.718. The molecule has 102 valence electrons. The summed E-state index contributed by atoms with van der Waals surface area (Å²) < 4.78 is 0. The fourth-order valence-electron chi connectivity index (χ4n) is 4.16. The zero-order chi connectivity index (χ0) is 12.9. The number of likely N-dealkylation sites (tertiary alicyclic amines) is 1. The molecule has 0 spiro atoms. The number of carbonyl (C=O) groups is 1. The van der Waals surface area contributed by atoms with Crippen molar-refractivity contribution in [3.8, 4) is 0 Å². The molecule has 1 aliphatic heterocycles. The minimum absolute atomic E-state index is 0.0318. The number of fused-ring (bicyclic) bond motifs is 2. The van der Waals surface area contributed by atoms with E-state index in [9.17, 15) is 9.90 Å². The van der Waals surface area contributed by atoms with Gasteiger partial charge in [-0.15, -0.1) is 0 Å². The van der Waals surface area contributed by atoms with Gasteiger partial charge in [0.25, 0.3) is 0 Å². The third-order valence-electron chi connectivity index (χ3n) is 5.50. The number of nitrogens with zero attached hydrogens (tertiary/aromatic N) is 1. The van der Waals surface area contributed by atoms with E-state index >= 15 is 0 Å². The van der Waals surface area contributed by atoms with E-state index in [0.29, 0.717) is 24.3 Å². The van der Waals surface area contributed by atoms with Crippen LogP contribution in [0.5, 0.6) is 0 Å². The van der Waals surface area contributed by atoms with Crippen molar-refractivity contribution in [1.82, 2.24) is 4.90 Å². The standard InChI is InChI=1S/C14H24N2O2/c1-8-4-5-16(7-11(8)17)14(18)12-9-2-3-10(6-9)13(12)15/h8-13,17H,2-7,15H2,1H3. The zero-order valence-corrected chi connectivity index (χ0v) is 11.1. The van der Waals surface area contributed by atoms with Crippen LogP contribution in [0.15, 0.2) is 0 Å². The van der Waals surface area contributed by atoms with Crippen molar-refractivity contribution in [3.63, 3.8) is 0 Å². The SMILES string of the molecule is CC1CCN(C(=O)C2C3CCC(C3)C2N)CC1O. The lowest BCUT2D eigenvalue weighted by Crippen LogP contribution is -2.52. The van der Waals surface area contributed by atoms with Crippen LogP contribution in [0, 0.1) is 23.7 Å². The molecule has 18 heavy (non-hydrogen) atoms. The second-order valence-corrected chi connectivity index (χ2v) is 6.55. The molecule has 1 saturated heterocycles. The summed E-state index contributed by atoms with van der Waals surface area (Å²) in [6.45, 7) is 3.34. The molecule has 0 aromatic rings. The monoisotopic (exact) mass is 252 g/mol. The van der Waals surface area contributed by atoms with Gasteiger partial charge in [0.2, 0.25) is 5.91 Å². The van der Waals surface area contributed by atoms with Crippen LogP contribution in [0.3, 0.4) is 0 Å². The molecule has 0 radical (unpaired) electrons. The largest absolute Gasteiger partial charge is 0.391 e. The first kappa shape index (κ1) is 12.4. The first-order chi connectivity index (χ1) is 8.58. The van der Waals surface area contributed by atoms with Crippen LogP contribution >= 0.6 is 0 Å². The Kier molecular flexibility index (Phi) is 3.10. The summed E-state index contributed by atoms with van der Waals surface area (Å²) in [4.78, 5) is 14.4. The van der Waals surface area contributed by atoms with E-state index < -0.39 is 0 Å². The van der Waals surface area contributed by atoms with Gasteiger partial charge in [0.05, 0.1) is 12.0 Å². The molecule has 6 unspecified atom stereocenters. The highest BCUT2D eigenvalue weighted by Crippen LogP contribution is 2.48. The van der Waals surface area contributed by atoms with Crippen LogP contribution in [0.25, 0.3) is 0 Å². The van der Waals surface area contributed by atoms with Crippen LogP contribution < -0.4 is 5.73 Å². The van der Waals surface area contributed by atoms with Crippen molar-refractivity contribution in [1.29, 1.82) is 0 Å². The number of carbonyl (C=O) groups excluding carboxylic acids is 1. The Labute approximate surface area is 109 Å². The highest BCUT2D eigenvalue weighted by Gasteiger charge is 2.50. The molecule has 6 atom stereocenters. The third kappa shape index (κ3) is 1.86. The number of hydrogen-bond acceptors (Lipinski definition) is 3. The number of β-amino-alcohol motifs (C(OH)–C–C–N with tert-alkyl or cyclic N) is 1. The van der Waals surface area contributed by atoms with Gasteiger partial charge in [-0.25, -0.2) is 0 Å². The van der Waals surface area contributed by atoms with Gasteiger partial charge in [-0.1, -0.05) is 6.92 Å². The summed E-state index contributed by atoms with van der Waals surface area (Å²) in [5.41, 5.74) is 6.22. The van der Waals surface area contributed by atoms with Crippen molar-refractivity contribution in [2.45, 2.75) is 44.8 Å². The summed E-state index contributed by atoms with van der Waals surface area (Å²) in [6.07, 6.45) is 4.06. The van der Waals surface area contributed by atoms with Gasteiger partial charge in [0.1, 0.15) is 0 Å². The van der Waals surface area contributed by atoms with Crippen molar-refractivity contribution < 1.29 is 9.90 Å². The van der Waals surface area contributed by atoms with Gasteiger partial charge < -0.3 is 15.7 Å². The average Bonchev–Trinajstić information content (AvgIpc) is 2.92. The fraction of sp³-hybridized carbons (Fsp3) is 0.929. The molecule has 1 amide bonds. The number of aliphatic hydroxyl groups excluding tert-OH is 1. The summed E-state index contributed by atoms with van der Waals surface area (Å²) in [6, 6.07) is 0.0627. The first-order valence-corrected chi connectivity index (χ1v) is 7.30. The van der Waals surface area contributed by atoms with E-state index in [1.54, 1.807) is 0 Å². The Morgan fingerprint density at radius 2 is 2.00 bits per heavy atom. The average molecular weight is 252 g/mol. The second-order valence-electron chi connectivity index (χ2n) is 6.55. The molecular weight excluding hydrogens is 228 g/mol. The fourth-order valence-corrected chi connectivity index (χ4v) is 4.16. The molecule has 4 heteroatoms. The number of aliphatic hydroxyl groups is 1. The van der Waals surface area contributed by atoms with Crippen molar-refractivity contribution >= 4 is 5.91 Å². The Bertz CT molecular complexity index is 345. The normalized spacial score (nSPS) is 47.6. The van der Waals surface area contributed by atoms with Crippen molar-refractivity contribution in [2.75, 3.05) is 13.1 Å². The molecule has 0 aromatic heterocycles. The summed E-state index contributed by atoms with van der Waals surface area (Å²) in [5, 5.41) is 9.91. The molecule has 4 nitrogen and oxygen atoms in total. The Balaban J connectivity index is 1.68. The number of nitrogens with two attached hydrogens (primary N) is 1. The van der Waals surface area contributed by atoms with Gasteiger partial charge >= 0.3 is 0 Å². The molecule has 2 saturated carbocycles. The molecule has 2 aliphatic carbocycles. The third-order valence-corrected chi connectivity index (χ3v) is 5.50. The van der Waals surface area contributed by atoms with Crippen LogP contribution in [-0.2, 0) is 4.79 Å². The maximum atomic E-state index is 12.6. The minimum Gasteiger partial charge on any atom is -0.391 e. The maximum Gasteiger partial charge on any atom is 0.227 e. The molecule has 1 heterocycles. The van der Waals surface area contributed by atoms with E-state index in [-0.39, 0.29) is 24.0 Å². The van der Waals surface area contributed by atoms with Crippen molar-refractivity contribution in [2.24, 2.45) is 29.4 Å². The molecule has 0 aromatic carbocycles. The summed E-state index contributed by atoms with van der Waals surface area (Å²) in [5.74, 6) is 1.62. The molecule has 3 N–H and O–H groups in total. The second kappa shape index (κ2) is 4.49. The predicted molar refractivity (Wildman–Crippen MR) is 68.7 cm³/mol. The van der Waals surface area contributed by atoms with Crippen LogP contribution in [-0.4, -0.2) is 41.1 Å².